The number of carbonyl (C=O) groups is 1. The predicted octanol–water partition coefficient (Wildman–Crippen LogP) is 3.93. The lowest BCUT2D eigenvalue weighted by atomic mass is 10.2. The van der Waals surface area contributed by atoms with Gasteiger partial charge in [0.15, 0.2) is 5.96 Å². The maximum atomic E-state index is 11.9. The molecule has 0 spiro atoms. The first-order valence-corrected chi connectivity index (χ1v) is 11.2. The number of carbonyl (C=O) groups excluding carboxylic acids is 1. The highest BCUT2D eigenvalue weighted by Gasteiger charge is 2.21. The van der Waals surface area contributed by atoms with Gasteiger partial charge in [-0.2, -0.15) is 0 Å². The molecule has 0 atom stereocenters. The SMILES string of the molecule is CCNC(=NCc1ccc(N2CCCC2=O)cc1)NCc1nccn1Cc1ccccc1.I. The molecule has 0 radical (unpaired) electrons. The average Bonchev–Trinajstić information content (AvgIpc) is 3.45. The first kappa shape index (κ1) is 24.8. The Balaban J connectivity index is 0.00000306. The average molecular weight is 558 g/mol. The molecule has 1 aromatic heterocycles. The quantitative estimate of drug-likeness (QED) is 0.250. The zero-order valence-corrected chi connectivity index (χ0v) is 21.2. The van der Waals surface area contributed by atoms with Crippen molar-refractivity contribution in [3.63, 3.8) is 0 Å². The number of nitrogens with zero attached hydrogens (tertiary/aromatic N) is 4. The summed E-state index contributed by atoms with van der Waals surface area (Å²) in [6.45, 7) is 5.57. The summed E-state index contributed by atoms with van der Waals surface area (Å²) < 4.78 is 2.14. The normalized spacial score (nSPS) is 13.7. The minimum atomic E-state index is 0. The Hall–Kier alpha value is -2.88. The molecule has 174 valence electrons. The maximum absolute atomic E-state index is 11.9. The van der Waals surface area contributed by atoms with Crippen LogP contribution in [0.1, 0.15) is 36.7 Å². The summed E-state index contributed by atoms with van der Waals surface area (Å²) in [4.78, 5) is 23.0. The van der Waals surface area contributed by atoms with Crippen LogP contribution in [0.3, 0.4) is 0 Å². The first-order chi connectivity index (χ1) is 15.7. The summed E-state index contributed by atoms with van der Waals surface area (Å²) >= 11 is 0. The third-order valence-corrected chi connectivity index (χ3v) is 5.50. The number of aliphatic imine (C=N–C) groups is 1. The highest BCUT2D eigenvalue weighted by molar-refractivity contribution is 14.0. The van der Waals surface area contributed by atoms with Gasteiger partial charge in [-0.25, -0.2) is 9.98 Å². The van der Waals surface area contributed by atoms with Crippen LogP contribution >= 0.6 is 24.0 Å². The second kappa shape index (κ2) is 12.4. The Bertz CT molecular complexity index is 1050. The van der Waals surface area contributed by atoms with Crippen molar-refractivity contribution in [2.45, 2.75) is 39.4 Å². The van der Waals surface area contributed by atoms with E-state index in [1.807, 2.05) is 47.6 Å². The Morgan fingerprint density at radius 2 is 1.85 bits per heavy atom. The summed E-state index contributed by atoms with van der Waals surface area (Å²) in [5.41, 5.74) is 3.31. The van der Waals surface area contributed by atoms with E-state index in [4.69, 9.17) is 4.99 Å². The molecule has 7 nitrogen and oxygen atoms in total. The molecule has 3 aromatic rings. The summed E-state index contributed by atoms with van der Waals surface area (Å²) in [5, 5.41) is 6.68. The van der Waals surface area contributed by atoms with Gasteiger partial charge >= 0.3 is 0 Å². The summed E-state index contributed by atoms with van der Waals surface area (Å²) in [6, 6.07) is 18.5. The largest absolute Gasteiger partial charge is 0.357 e. The topological polar surface area (TPSA) is 74.6 Å². The number of hydrogen-bond donors (Lipinski definition) is 2. The zero-order valence-electron chi connectivity index (χ0n) is 18.9. The van der Waals surface area contributed by atoms with Crippen molar-refractivity contribution in [1.29, 1.82) is 0 Å². The monoisotopic (exact) mass is 558 g/mol. The molecular weight excluding hydrogens is 527 g/mol. The number of nitrogens with one attached hydrogen (secondary N) is 2. The molecule has 1 saturated heterocycles. The number of benzene rings is 2. The standard InChI is InChI=1S/C25H30N6O.HI/c1-2-26-25(28-17-20-10-12-22(13-11-20)31-15-6-9-24(31)32)29-18-23-27-14-16-30(23)19-21-7-4-3-5-8-21;/h3-5,7-8,10-14,16H,2,6,9,15,17-19H2,1H3,(H2,26,28,29);1H. The second-order valence-electron chi connectivity index (χ2n) is 7.82. The van der Waals surface area contributed by atoms with Crippen molar-refractivity contribution in [3.05, 3.63) is 83.9 Å². The zero-order chi connectivity index (χ0) is 22.2. The van der Waals surface area contributed by atoms with Gasteiger partial charge in [0.05, 0.1) is 13.1 Å². The Morgan fingerprint density at radius 3 is 2.55 bits per heavy atom. The summed E-state index contributed by atoms with van der Waals surface area (Å²) in [5.74, 6) is 1.92. The van der Waals surface area contributed by atoms with E-state index in [1.54, 1.807) is 0 Å². The molecule has 0 unspecified atom stereocenters. The van der Waals surface area contributed by atoms with Crippen LogP contribution in [0.2, 0.25) is 0 Å². The number of guanidine groups is 1. The minimum absolute atomic E-state index is 0. The smallest absolute Gasteiger partial charge is 0.227 e. The Kier molecular flexibility index (Phi) is 9.29. The molecule has 0 aliphatic carbocycles. The van der Waals surface area contributed by atoms with Gasteiger partial charge in [0.1, 0.15) is 5.82 Å². The predicted molar refractivity (Wildman–Crippen MR) is 143 cm³/mol. The first-order valence-electron chi connectivity index (χ1n) is 11.2. The van der Waals surface area contributed by atoms with Crippen molar-refractivity contribution < 1.29 is 4.79 Å². The van der Waals surface area contributed by atoms with Crippen LogP contribution in [0, 0.1) is 0 Å². The molecule has 1 amide bonds. The third-order valence-electron chi connectivity index (χ3n) is 5.50. The van der Waals surface area contributed by atoms with Gasteiger partial charge in [0, 0.05) is 44.1 Å². The van der Waals surface area contributed by atoms with Crippen molar-refractivity contribution in [2.24, 2.45) is 4.99 Å². The lowest BCUT2D eigenvalue weighted by Gasteiger charge is -2.16. The molecule has 0 saturated carbocycles. The van der Waals surface area contributed by atoms with Crippen LogP contribution in [-0.4, -0.2) is 34.5 Å². The van der Waals surface area contributed by atoms with E-state index < -0.39 is 0 Å². The molecule has 1 fully saturated rings. The van der Waals surface area contributed by atoms with Gasteiger partial charge in [-0.15, -0.1) is 24.0 Å². The fourth-order valence-electron chi connectivity index (χ4n) is 3.81. The highest BCUT2D eigenvalue weighted by atomic mass is 127. The van der Waals surface area contributed by atoms with E-state index in [9.17, 15) is 4.79 Å². The fraction of sp³-hybridized carbons (Fsp3) is 0.320. The minimum Gasteiger partial charge on any atom is -0.357 e. The highest BCUT2D eigenvalue weighted by Crippen LogP contribution is 2.21. The summed E-state index contributed by atoms with van der Waals surface area (Å²) in [7, 11) is 0. The van der Waals surface area contributed by atoms with E-state index in [1.165, 1.54) is 5.56 Å². The Morgan fingerprint density at radius 1 is 1.06 bits per heavy atom. The van der Waals surface area contributed by atoms with Gasteiger partial charge < -0.3 is 20.1 Å². The lowest BCUT2D eigenvalue weighted by Crippen LogP contribution is -2.37. The van der Waals surface area contributed by atoms with Gasteiger partial charge in [0.25, 0.3) is 0 Å². The van der Waals surface area contributed by atoms with Crippen molar-refractivity contribution in [3.8, 4) is 0 Å². The summed E-state index contributed by atoms with van der Waals surface area (Å²) in [6.07, 6.45) is 5.41. The van der Waals surface area contributed by atoms with E-state index in [2.05, 4.69) is 51.4 Å². The van der Waals surface area contributed by atoms with Crippen molar-refractivity contribution in [1.82, 2.24) is 20.2 Å². The number of imidazole rings is 1. The van der Waals surface area contributed by atoms with E-state index >= 15 is 0 Å². The van der Waals surface area contributed by atoms with Gasteiger partial charge in [-0.05, 0) is 36.6 Å². The molecule has 2 aromatic carbocycles. The number of rotatable bonds is 8. The number of amides is 1. The number of aromatic nitrogens is 2. The lowest BCUT2D eigenvalue weighted by molar-refractivity contribution is -0.117. The fourth-order valence-corrected chi connectivity index (χ4v) is 3.81. The number of hydrogen-bond acceptors (Lipinski definition) is 3. The molecule has 0 bridgehead atoms. The third kappa shape index (κ3) is 6.80. The molecule has 1 aliphatic heterocycles. The van der Waals surface area contributed by atoms with Gasteiger partial charge in [0.2, 0.25) is 5.91 Å². The molecule has 33 heavy (non-hydrogen) atoms. The second-order valence-corrected chi connectivity index (χ2v) is 7.82. The van der Waals surface area contributed by atoms with Crippen LogP contribution in [-0.2, 0) is 24.4 Å². The molecule has 4 rings (SSSR count). The van der Waals surface area contributed by atoms with Crippen molar-refractivity contribution >= 4 is 41.5 Å². The van der Waals surface area contributed by atoms with Gasteiger partial charge in [-0.1, -0.05) is 42.5 Å². The van der Waals surface area contributed by atoms with Crippen LogP contribution in [0.25, 0.3) is 0 Å². The van der Waals surface area contributed by atoms with Crippen LogP contribution in [0.15, 0.2) is 72.0 Å². The van der Waals surface area contributed by atoms with Crippen molar-refractivity contribution in [2.75, 3.05) is 18.0 Å². The van der Waals surface area contributed by atoms with E-state index in [-0.39, 0.29) is 29.9 Å². The molecule has 2 N–H and O–H groups in total. The van der Waals surface area contributed by atoms with Gasteiger partial charge in [-0.3, -0.25) is 4.79 Å². The van der Waals surface area contributed by atoms with Crippen LogP contribution in [0.4, 0.5) is 5.69 Å². The van der Waals surface area contributed by atoms with Crippen LogP contribution < -0.4 is 15.5 Å². The number of halogens is 1. The number of anilines is 1. The van der Waals surface area contributed by atoms with Crippen LogP contribution in [0.5, 0.6) is 0 Å². The molecule has 2 heterocycles. The molecule has 1 aliphatic rings. The Labute approximate surface area is 212 Å². The van der Waals surface area contributed by atoms with E-state index in [0.29, 0.717) is 19.5 Å². The molecular formula is C25H31IN6O. The molecule has 8 heteroatoms. The maximum Gasteiger partial charge on any atom is 0.227 e. The van der Waals surface area contributed by atoms with E-state index in [0.717, 1.165) is 49.1 Å².